The molecule has 0 aliphatic heterocycles. The number of hydrogen-bond acceptors (Lipinski definition) is 6. The predicted octanol–water partition coefficient (Wildman–Crippen LogP) is 4.16. The van der Waals surface area contributed by atoms with Gasteiger partial charge in [-0.2, -0.15) is 4.98 Å². The minimum atomic E-state index is -0.569. The van der Waals surface area contributed by atoms with Gasteiger partial charge in [0.1, 0.15) is 5.82 Å². The summed E-state index contributed by atoms with van der Waals surface area (Å²) in [5.41, 5.74) is 4.09. The molecule has 4 N–H and O–H groups in total. The molecule has 8 nitrogen and oxygen atoms in total. The first-order valence-corrected chi connectivity index (χ1v) is 11.5. The molecule has 1 unspecified atom stereocenters. The summed E-state index contributed by atoms with van der Waals surface area (Å²) in [6, 6.07) is 16.2. The number of aromatic nitrogens is 3. The Labute approximate surface area is 209 Å². The number of nitrogens with zero attached hydrogens (tertiary/aromatic N) is 3. The molecule has 9 heteroatoms. The number of rotatable bonds is 9. The number of carbonyl (C=O) groups is 1. The maximum Gasteiger partial charge on any atom is 0.253 e. The van der Waals surface area contributed by atoms with E-state index in [-0.39, 0.29) is 12.5 Å². The average molecular weight is 491 g/mol. The number of anilines is 2. The second kappa shape index (κ2) is 11.1. The molecule has 4 aromatic rings. The summed E-state index contributed by atoms with van der Waals surface area (Å²) >= 11 is 6.05. The zero-order chi connectivity index (χ0) is 24.8. The van der Waals surface area contributed by atoms with Crippen molar-refractivity contribution >= 4 is 29.1 Å². The summed E-state index contributed by atoms with van der Waals surface area (Å²) in [5.74, 6) is 0.796. The highest BCUT2D eigenvalue weighted by atomic mass is 35.5. The van der Waals surface area contributed by atoms with E-state index >= 15 is 0 Å². The maximum atomic E-state index is 12.9. The van der Waals surface area contributed by atoms with E-state index in [0.29, 0.717) is 22.4 Å². The number of benzene rings is 2. The Balaban J connectivity index is 1.49. The fourth-order valence-electron chi connectivity index (χ4n) is 3.66. The molecule has 0 aliphatic carbocycles. The van der Waals surface area contributed by atoms with E-state index in [4.69, 9.17) is 11.6 Å². The molecule has 2 aromatic carbocycles. The molecule has 35 heavy (non-hydrogen) atoms. The van der Waals surface area contributed by atoms with Gasteiger partial charge in [-0.15, -0.1) is 0 Å². The largest absolute Gasteiger partial charge is 0.394 e. The minimum Gasteiger partial charge on any atom is -0.394 e. The van der Waals surface area contributed by atoms with Crippen LogP contribution in [-0.4, -0.2) is 39.2 Å². The average Bonchev–Trinajstić information content (AvgIpc) is 3.35. The van der Waals surface area contributed by atoms with Crippen LogP contribution in [0.2, 0.25) is 5.02 Å². The van der Waals surface area contributed by atoms with Gasteiger partial charge in [-0.1, -0.05) is 35.9 Å². The van der Waals surface area contributed by atoms with Gasteiger partial charge in [0.15, 0.2) is 0 Å². The molecule has 2 heterocycles. The van der Waals surface area contributed by atoms with Crippen LogP contribution in [0, 0.1) is 6.92 Å². The Morgan fingerprint density at radius 3 is 2.69 bits per heavy atom. The first-order valence-electron chi connectivity index (χ1n) is 11.2. The second-order valence-corrected chi connectivity index (χ2v) is 8.56. The van der Waals surface area contributed by atoms with Crippen molar-refractivity contribution in [3.8, 4) is 5.82 Å². The van der Waals surface area contributed by atoms with E-state index in [1.165, 1.54) is 5.56 Å². The van der Waals surface area contributed by atoms with Crippen LogP contribution in [0.4, 0.5) is 11.6 Å². The van der Waals surface area contributed by atoms with Crippen molar-refractivity contribution in [2.75, 3.05) is 19.0 Å². The van der Waals surface area contributed by atoms with Gasteiger partial charge in [-0.25, -0.2) is 4.98 Å². The summed E-state index contributed by atoms with van der Waals surface area (Å²) < 4.78 is 1.78. The molecule has 0 aliphatic rings. The van der Waals surface area contributed by atoms with Crippen molar-refractivity contribution in [2.45, 2.75) is 19.5 Å². The first kappa shape index (κ1) is 24.4. The third-order valence-electron chi connectivity index (χ3n) is 5.47. The highest BCUT2D eigenvalue weighted by Gasteiger charge is 2.17. The number of hydrogen-bond donors (Lipinski definition) is 4. The van der Waals surface area contributed by atoms with Gasteiger partial charge in [0, 0.05) is 41.4 Å². The highest BCUT2D eigenvalue weighted by Crippen LogP contribution is 2.20. The van der Waals surface area contributed by atoms with Gasteiger partial charge in [-0.3, -0.25) is 4.79 Å². The molecule has 0 saturated heterocycles. The number of aliphatic hydroxyl groups excluding tert-OH is 1. The molecular formula is C26H27ClN6O2. The van der Waals surface area contributed by atoms with Crippen LogP contribution in [0.5, 0.6) is 0 Å². The Hall–Kier alpha value is -3.72. The maximum absolute atomic E-state index is 12.9. The normalized spacial score (nSPS) is 11.8. The Morgan fingerprint density at radius 2 is 1.97 bits per heavy atom. The summed E-state index contributed by atoms with van der Waals surface area (Å²) in [4.78, 5) is 21.9. The van der Waals surface area contributed by atoms with Crippen molar-refractivity contribution < 1.29 is 9.90 Å². The summed E-state index contributed by atoms with van der Waals surface area (Å²) in [7, 11) is 1.91. The molecule has 2 aromatic heterocycles. The standard InChI is InChI=1S/C26H27ClN6O2/c1-17-13-29-26(30-22-8-6-18(7-9-22)14-28-2)32-24(17)33-11-10-20(15-33)25(35)31-23(16-34)19-4-3-5-21(27)12-19/h3-13,15,23,28,34H,14,16H2,1-2H3,(H,31,35)(H,29,30,32). The first-order chi connectivity index (χ1) is 17.0. The Morgan fingerprint density at radius 1 is 1.17 bits per heavy atom. The van der Waals surface area contributed by atoms with Gasteiger partial charge < -0.3 is 25.6 Å². The van der Waals surface area contributed by atoms with Crippen LogP contribution in [-0.2, 0) is 6.54 Å². The van der Waals surface area contributed by atoms with Crippen molar-refractivity contribution in [2.24, 2.45) is 0 Å². The van der Waals surface area contributed by atoms with Crippen LogP contribution in [0.25, 0.3) is 5.82 Å². The number of aliphatic hydroxyl groups is 1. The van der Waals surface area contributed by atoms with Crippen molar-refractivity contribution in [1.29, 1.82) is 0 Å². The lowest BCUT2D eigenvalue weighted by Crippen LogP contribution is -2.30. The van der Waals surface area contributed by atoms with Crippen molar-refractivity contribution in [1.82, 2.24) is 25.2 Å². The van der Waals surface area contributed by atoms with E-state index in [1.54, 1.807) is 47.4 Å². The minimum absolute atomic E-state index is 0.247. The third kappa shape index (κ3) is 6.05. The smallest absolute Gasteiger partial charge is 0.253 e. The van der Waals surface area contributed by atoms with Gasteiger partial charge in [0.25, 0.3) is 5.91 Å². The molecule has 0 radical (unpaired) electrons. The molecule has 1 atom stereocenters. The molecule has 0 bridgehead atoms. The van der Waals surface area contributed by atoms with Crippen LogP contribution < -0.4 is 16.0 Å². The topological polar surface area (TPSA) is 104 Å². The lowest BCUT2D eigenvalue weighted by Gasteiger charge is -2.16. The lowest BCUT2D eigenvalue weighted by atomic mass is 10.1. The van der Waals surface area contributed by atoms with Crippen LogP contribution in [0.1, 0.15) is 33.1 Å². The number of halogens is 1. The van der Waals surface area contributed by atoms with Crippen molar-refractivity contribution in [3.05, 3.63) is 100 Å². The Bertz CT molecular complexity index is 1310. The van der Waals surface area contributed by atoms with Crippen molar-refractivity contribution in [3.63, 3.8) is 0 Å². The van der Waals surface area contributed by atoms with Gasteiger partial charge in [0.2, 0.25) is 5.95 Å². The fraction of sp³-hybridized carbons (Fsp3) is 0.192. The number of carbonyl (C=O) groups excluding carboxylic acids is 1. The zero-order valence-electron chi connectivity index (χ0n) is 19.5. The highest BCUT2D eigenvalue weighted by molar-refractivity contribution is 6.30. The van der Waals surface area contributed by atoms with Gasteiger partial charge in [0.05, 0.1) is 18.2 Å². The van der Waals surface area contributed by atoms with E-state index in [1.807, 2.05) is 44.3 Å². The summed E-state index contributed by atoms with van der Waals surface area (Å²) in [5, 5.41) is 19.5. The van der Waals surface area contributed by atoms with Crippen LogP contribution in [0.3, 0.4) is 0 Å². The third-order valence-corrected chi connectivity index (χ3v) is 5.71. The molecule has 4 rings (SSSR count). The summed E-state index contributed by atoms with van der Waals surface area (Å²) in [6.07, 6.45) is 5.21. The van der Waals surface area contributed by atoms with Gasteiger partial charge >= 0.3 is 0 Å². The SMILES string of the molecule is CNCc1ccc(Nc2ncc(C)c(-n3ccc(C(=O)NC(CO)c4cccc(Cl)c4)c3)n2)cc1. The molecule has 0 spiro atoms. The number of nitrogens with one attached hydrogen (secondary N) is 3. The Kier molecular flexibility index (Phi) is 7.77. The monoisotopic (exact) mass is 490 g/mol. The van der Waals surface area contributed by atoms with E-state index in [2.05, 4.69) is 25.9 Å². The molecule has 180 valence electrons. The van der Waals surface area contributed by atoms with Crippen LogP contribution in [0.15, 0.2) is 73.2 Å². The second-order valence-electron chi connectivity index (χ2n) is 8.12. The predicted molar refractivity (Wildman–Crippen MR) is 137 cm³/mol. The van der Waals surface area contributed by atoms with Crippen LogP contribution >= 0.6 is 11.6 Å². The number of aryl methyl sites for hydroxylation is 1. The molecule has 0 saturated carbocycles. The quantitative estimate of drug-likeness (QED) is 0.281. The van der Waals surface area contributed by atoms with E-state index in [0.717, 1.165) is 23.4 Å². The van der Waals surface area contributed by atoms with Gasteiger partial charge in [-0.05, 0) is 55.4 Å². The molecule has 0 fully saturated rings. The zero-order valence-corrected chi connectivity index (χ0v) is 20.3. The summed E-state index contributed by atoms with van der Waals surface area (Å²) in [6.45, 7) is 2.46. The van der Waals surface area contributed by atoms with E-state index < -0.39 is 6.04 Å². The van der Waals surface area contributed by atoms with E-state index in [9.17, 15) is 9.90 Å². The fourth-order valence-corrected chi connectivity index (χ4v) is 3.85. The number of amides is 1. The molecular weight excluding hydrogens is 464 g/mol. The molecule has 1 amide bonds. The lowest BCUT2D eigenvalue weighted by molar-refractivity contribution is 0.0916.